The molecule has 22 heavy (non-hydrogen) atoms. The van der Waals surface area contributed by atoms with Gasteiger partial charge >= 0.3 is 0 Å². The molecule has 0 N–H and O–H groups in total. The molecule has 3 nitrogen and oxygen atoms in total. The fourth-order valence-corrected chi connectivity index (χ4v) is 2.35. The van der Waals surface area contributed by atoms with E-state index in [4.69, 9.17) is 4.74 Å². The van der Waals surface area contributed by atoms with Crippen LogP contribution in [0.3, 0.4) is 0 Å². The quantitative estimate of drug-likeness (QED) is 0.795. The number of hydrogen-bond acceptors (Lipinski definition) is 2. The summed E-state index contributed by atoms with van der Waals surface area (Å²) in [7, 11) is 1.80. The number of amides is 1. The van der Waals surface area contributed by atoms with E-state index in [9.17, 15) is 4.79 Å². The Balaban J connectivity index is 2.10. The second-order valence-electron chi connectivity index (χ2n) is 5.24. The van der Waals surface area contributed by atoms with Crippen molar-refractivity contribution in [3.05, 3.63) is 59.7 Å². The standard InChI is InChI=1S/C19H23NO2/c1-4-6-15-7-11-17(12-8-15)20(3)19(21)16-9-13-18(14-10-16)22-5-2/h7-14H,4-6H2,1-3H3. The van der Waals surface area contributed by atoms with E-state index in [1.54, 1.807) is 24.1 Å². The molecule has 0 saturated heterocycles. The van der Waals surface area contributed by atoms with Crippen molar-refractivity contribution in [1.82, 2.24) is 0 Å². The molecule has 0 aliphatic heterocycles. The number of hydrogen-bond donors (Lipinski definition) is 0. The van der Waals surface area contributed by atoms with Crippen molar-refractivity contribution in [2.24, 2.45) is 0 Å². The average molecular weight is 297 g/mol. The summed E-state index contributed by atoms with van der Waals surface area (Å²) in [5.74, 6) is 0.761. The van der Waals surface area contributed by atoms with Gasteiger partial charge in [-0.15, -0.1) is 0 Å². The van der Waals surface area contributed by atoms with Crippen LogP contribution in [0.4, 0.5) is 5.69 Å². The molecule has 1 amide bonds. The number of carbonyl (C=O) groups excluding carboxylic acids is 1. The Morgan fingerprint density at radius 3 is 2.18 bits per heavy atom. The molecule has 0 aliphatic rings. The third-order valence-electron chi connectivity index (χ3n) is 3.58. The van der Waals surface area contributed by atoms with Gasteiger partial charge in [-0.05, 0) is 55.3 Å². The zero-order valence-electron chi connectivity index (χ0n) is 13.5. The van der Waals surface area contributed by atoms with Gasteiger partial charge in [-0.25, -0.2) is 0 Å². The van der Waals surface area contributed by atoms with Crippen molar-refractivity contribution in [2.45, 2.75) is 26.7 Å². The van der Waals surface area contributed by atoms with Crippen molar-refractivity contribution in [3.8, 4) is 5.75 Å². The van der Waals surface area contributed by atoms with E-state index >= 15 is 0 Å². The van der Waals surface area contributed by atoms with Crippen molar-refractivity contribution < 1.29 is 9.53 Å². The molecule has 0 saturated carbocycles. The Kier molecular flexibility index (Phi) is 5.59. The van der Waals surface area contributed by atoms with Crippen molar-refractivity contribution in [2.75, 3.05) is 18.6 Å². The first kappa shape index (κ1) is 16.1. The van der Waals surface area contributed by atoms with Crippen LogP contribution in [0, 0.1) is 0 Å². The summed E-state index contributed by atoms with van der Waals surface area (Å²) in [5.41, 5.74) is 2.86. The summed E-state index contributed by atoms with van der Waals surface area (Å²) in [6.07, 6.45) is 2.19. The molecular formula is C19H23NO2. The predicted octanol–water partition coefficient (Wildman–Crippen LogP) is 4.31. The fourth-order valence-electron chi connectivity index (χ4n) is 2.35. The molecule has 0 bridgehead atoms. The lowest BCUT2D eigenvalue weighted by Gasteiger charge is -2.18. The lowest BCUT2D eigenvalue weighted by Crippen LogP contribution is -2.26. The molecule has 0 fully saturated rings. The monoisotopic (exact) mass is 297 g/mol. The Labute approximate surface area is 132 Å². The Bertz CT molecular complexity index is 602. The normalized spacial score (nSPS) is 10.3. The summed E-state index contributed by atoms with van der Waals surface area (Å²) in [6.45, 7) is 4.72. The SMILES string of the molecule is CCCc1ccc(N(C)C(=O)c2ccc(OCC)cc2)cc1. The zero-order chi connectivity index (χ0) is 15.9. The molecule has 2 rings (SSSR count). The van der Waals surface area contributed by atoms with Gasteiger partial charge in [-0.1, -0.05) is 25.5 Å². The highest BCUT2D eigenvalue weighted by Gasteiger charge is 2.13. The number of anilines is 1. The minimum atomic E-state index is -0.0220. The second-order valence-corrected chi connectivity index (χ2v) is 5.24. The molecule has 0 aliphatic carbocycles. The van der Waals surface area contributed by atoms with Crippen LogP contribution in [0.25, 0.3) is 0 Å². The van der Waals surface area contributed by atoms with Crippen LogP contribution in [-0.4, -0.2) is 19.6 Å². The van der Waals surface area contributed by atoms with Crippen LogP contribution >= 0.6 is 0 Å². The Hall–Kier alpha value is -2.29. The van der Waals surface area contributed by atoms with E-state index < -0.39 is 0 Å². The van der Waals surface area contributed by atoms with E-state index in [-0.39, 0.29) is 5.91 Å². The number of aryl methyl sites for hydroxylation is 1. The Morgan fingerprint density at radius 2 is 1.64 bits per heavy atom. The highest BCUT2D eigenvalue weighted by atomic mass is 16.5. The molecule has 0 heterocycles. The van der Waals surface area contributed by atoms with Crippen LogP contribution < -0.4 is 9.64 Å². The van der Waals surface area contributed by atoms with Gasteiger partial charge in [0.2, 0.25) is 0 Å². The van der Waals surface area contributed by atoms with Crippen LogP contribution in [0.15, 0.2) is 48.5 Å². The fraction of sp³-hybridized carbons (Fsp3) is 0.316. The molecule has 116 valence electrons. The first-order valence-electron chi connectivity index (χ1n) is 7.75. The molecule has 0 atom stereocenters. The third kappa shape index (κ3) is 3.88. The maximum atomic E-state index is 12.5. The molecule has 0 aromatic heterocycles. The van der Waals surface area contributed by atoms with Crippen molar-refractivity contribution in [3.63, 3.8) is 0 Å². The van der Waals surface area contributed by atoms with Gasteiger partial charge in [-0.3, -0.25) is 4.79 Å². The van der Waals surface area contributed by atoms with Gasteiger partial charge in [0.25, 0.3) is 5.91 Å². The number of nitrogens with zero attached hydrogens (tertiary/aromatic N) is 1. The van der Waals surface area contributed by atoms with Crippen LogP contribution in [0.2, 0.25) is 0 Å². The van der Waals surface area contributed by atoms with Crippen molar-refractivity contribution in [1.29, 1.82) is 0 Å². The molecule has 2 aromatic rings. The lowest BCUT2D eigenvalue weighted by molar-refractivity contribution is 0.0993. The number of carbonyl (C=O) groups is 1. The van der Waals surface area contributed by atoms with Gasteiger partial charge < -0.3 is 9.64 Å². The highest BCUT2D eigenvalue weighted by Crippen LogP contribution is 2.19. The van der Waals surface area contributed by atoms with Gasteiger partial charge in [0.15, 0.2) is 0 Å². The minimum absolute atomic E-state index is 0.0220. The van der Waals surface area contributed by atoms with Gasteiger partial charge in [0.1, 0.15) is 5.75 Å². The van der Waals surface area contributed by atoms with E-state index in [1.807, 2.05) is 31.2 Å². The number of ether oxygens (including phenoxy) is 1. The Morgan fingerprint density at radius 1 is 1.00 bits per heavy atom. The molecule has 0 unspecified atom stereocenters. The third-order valence-corrected chi connectivity index (χ3v) is 3.58. The smallest absolute Gasteiger partial charge is 0.258 e. The van der Waals surface area contributed by atoms with Gasteiger partial charge in [-0.2, -0.15) is 0 Å². The average Bonchev–Trinajstić information content (AvgIpc) is 2.55. The maximum Gasteiger partial charge on any atom is 0.258 e. The van der Waals surface area contributed by atoms with Crippen LogP contribution in [0.5, 0.6) is 5.75 Å². The van der Waals surface area contributed by atoms with Crippen LogP contribution in [-0.2, 0) is 6.42 Å². The second kappa shape index (κ2) is 7.64. The van der Waals surface area contributed by atoms with Gasteiger partial charge in [0, 0.05) is 18.3 Å². The minimum Gasteiger partial charge on any atom is -0.494 e. The zero-order valence-corrected chi connectivity index (χ0v) is 13.5. The summed E-state index contributed by atoms with van der Waals surface area (Å²) < 4.78 is 5.40. The van der Waals surface area contributed by atoms with Crippen LogP contribution in [0.1, 0.15) is 36.2 Å². The molecule has 0 radical (unpaired) electrons. The largest absolute Gasteiger partial charge is 0.494 e. The summed E-state index contributed by atoms with van der Waals surface area (Å²) >= 11 is 0. The lowest BCUT2D eigenvalue weighted by atomic mass is 10.1. The summed E-state index contributed by atoms with van der Waals surface area (Å²) in [4.78, 5) is 14.2. The van der Waals surface area contributed by atoms with E-state index in [2.05, 4.69) is 19.1 Å². The summed E-state index contributed by atoms with van der Waals surface area (Å²) in [5, 5.41) is 0. The summed E-state index contributed by atoms with van der Waals surface area (Å²) in [6, 6.07) is 15.4. The first-order chi connectivity index (χ1) is 10.7. The van der Waals surface area contributed by atoms with Crippen molar-refractivity contribution >= 4 is 11.6 Å². The molecule has 3 heteroatoms. The number of benzene rings is 2. The van der Waals surface area contributed by atoms with E-state index in [0.717, 1.165) is 24.3 Å². The molecule has 2 aromatic carbocycles. The topological polar surface area (TPSA) is 29.5 Å². The highest BCUT2D eigenvalue weighted by molar-refractivity contribution is 6.05. The first-order valence-corrected chi connectivity index (χ1v) is 7.75. The maximum absolute atomic E-state index is 12.5. The number of rotatable bonds is 6. The van der Waals surface area contributed by atoms with E-state index in [1.165, 1.54) is 5.56 Å². The van der Waals surface area contributed by atoms with E-state index in [0.29, 0.717) is 12.2 Å². The van der Waals surface area contributed by atoms with Gasteiger partial charge in [0.05, 0.1) is 6.61 Å². The molecule has 0 spiro atoms. The predicted molar refractivity (Wildman–Crippen MR) is 90.8 cm³/mol. The molecular weight excluding hydrogens is 274 g/mol.